The minimum Gasteiger partial charge on any atom is -0.335 e. The smallest absolute Gasteiger partial charge is 0.322 e. The number of hydrogen-bond donors (Lipinski definition) is 1. The van der Waals surface area contributed by atoms with Crippen molar-refractivity contribution < 1.29 is 9.59 Å². The highest BCUT2D eigenvalue weighted by Crippen LogP contribution is 2.14. The molecule has 7 nitrogen and oxygen atoms in total. The minimum absolute atomic E-state index is 0.0408. The number of carbonyl (C=O) groups is 2. The number of amides is 3. The highest BCUT2D eigenvalue weighted by Gasteiger charge is 2.25. The number of halogens is 1. The maximum absolute atomic E-state index is 12.5. The molecule has 0 atom stereocenters. The van der Waals surface area contributed by atoms with Crippen LogP contribution >= 0.6 is 11.6 Å². The molecule has 3 amide bonds. The zero-order valence-corrected chi connectivity index (χ0v) is 14.7. The first-order valence-corrected chi connectivity index (χ1v) is 8.58. The van der Waals surface area contributed by atoms with Crippen molar-refractivity contribution in [3.63, 3.8) is 0 Å². The van der Waals surface area contributed by atoms with Crippen LogP contribution in [0.5, 0.6) is 0 Å². The third-order valence-electron chi connectivity index (χ3n) is 4.15. The molecule has 8 heteroatoms. The maximum Gasteiger partial charge on any atom is 0.322 e. The number of benzene rings is 1. The standard InChI is InChI=1S/C17H20ClN5O2/c1-2-23-12-15(11-19-23)20-17(25)22-9-7-21(8-10-22)16(24)13-3-5-14(18)6-4-13/h3-6,11-12H,2,7-10H2,1H3,(H,20,25). The first kappa shape index (κ1) is 17.3. The van der Waals surface area contributed by atoms with Crippen molar-refractivity contribution >= 4 is 29.2 Å². The zero-order valence-electron chi connectivity index (χ0n) is 14.0. The van der Waals surface area contributed by atoms with E-state index in [1.165, 1.54) is 0 Å². The summed E-state index contributed by atoms with van der Waals surface area (Å²) >= 11 is 5.85. The Morgan fingerprint density at radius 1 is 1.12 bits per heavy atom. The predicted octanol–water partition coefficient (Wildman–Crippen LogP) is 2.55. The van der Waals surface area contributed by atoms with Crippen LogP contribution in [0.1, 0.15) is 17.3 Å². The topological polar surface area (TPSA) is 70.5 Å². The molecular weight excluding hydrogens is 342 g/mol. The molecule has 2 heterocycles. The van der Waals surface area contributed by atoms with Crippen molar-refractivity contribution in [2.24, 2.45) is 0 Å². The number of aromatic nitrogens is 2. The highest BCUT2D eigenvalue weighted by atomic mass is 35.5. The van der Waals surface area contributed by atoms with Crippen molar-refractivity contribution in [3.8, 4) is 0 Å². The molecule has 1 fully saturated rings. The van der Waals surface area contributed by atoms with Gasteiger partial charge in [-0.05, 0) is 31.2 Å². The monoisotopic (exact) mass is 361 g/mol. The van der Waals surface area contributed by atoms with Gasteiger partial charge >= 0.3 is 6.03 Å². The van der Waals surface area contributed by atoms with Gasteiger partial charge in [0.25, 0.3) is 5.91 Å². The van der Waals surface area contributed by atoms with Gasteiger partial charge in [0, 0.05) is 49.5 Å². The molecule has 25 heavy (non-hydrogen) atoms. The second-order valence-corrected chi connectivity index (χ2v) is 6.24. The molecule has 0 bridgehead atoms. The lowest BCUT2D eigenvalue weighted by Gasteiger charge is -2.34. The van der Waals surface area contributed by atoms with E-state index in [1.807, 2.05) is 6.92 Å². The average Bonchev–Trinajstić information content (AvgIpc) is 3.09. The third-order valence-corrected chi connectivity index (χ3v) is 4.41. The minimum atomic E-state index is -0.172. The van der Waals surface area contributed by atoms with Crippen LogP contribution < -0.4 is 5.32 Å². The fourth-order valence-corrected chi connectivity index (χ4v) is 2.82. The van der Waals surface area contributed by atoms with Crippen molar-refractivity contribution in [1.82, 2.24) is 19.6 Å². The third kappa shape index (κ3) is 4.11. The van der Waals surface area contributed by atoms with E-state index in [1.54, 1.807) is 51.1 Å². The molecule has 2 aromatic rings. The van der Waals surface area contributed by atoms with Gasteiger partial charge in [0.1, 0.15) is 0 Å². The molecule has 0 spiro atoms. The largest absolute Gasteiger partial charge is 0.335 e. The molecule has 1 aliphatic rings. The summed E-state index contributed by atoms with van der Waals surface area (Å²) in [7, 11) is 0. The van der Waals surface area contributed by atoms with Gasteiger partial charge in [-0.3, -0.25) is 9.48 Å². The fraction of sp³-hybridized carbons (Fsp3) is 0.353. The molecule has 1 aromatic heterocycles. The Bertz CT molecular complexity index is 751. The van der Waals surface area contributed by atoms with Gasteiger partial charge in [0.05, 0.1) is 11.9 Å². The van der Waals surface area contributed by atoms with E-state index in [0.717, 1.165) is 6.54 Å². The Morgan fingerprint density at radius 2 is 1.76 bits per heavy atom. The normalized spacial score (nSPS) is 14.5. The van der Waals surface area contributed by atoms with Crippen molar-refractivity contribution in [2.45, 2.75) is 13.5 Å². The number of carbonyl (C=O) groups excluding carboxylic acids is 2. The zero-order chi connectivity index (χ0) is 17.8. The number of urea groups is 1. The number of nitrogens with zero attached hydrogens (tertiary/aromatic N) is 4. The Hall–Kier alpha value is -2.54. The van der Waals surface area contributed by atoms with Crippen LogP contribution in [0, 0.1) is 0 Å². The maximum atomic E-state index is 12.5. The lowest BCUT2D eigenvalue weighted by molar-refractivity contribution is 0.0671. The number of anilines is 1. The Morgan fingerprint density at radius 3 is 2.36 bits per heavy atom. The predicted molar refractivity (Wildman–Crippen MR) is 95.8 cm³/mol. The summed E-state index contributed by atoms with van der Waals surface area (Å²) in [6, 6.07) is 6.67. The first-order valence-electron chi connectivity index (χ1n) is 8.20. The number of piperazine rings is 1. The number of hydrogen-bond acceptors (Lipinski definition) is 3. The SMILES string of the molecule is CCn1cc(NC(=O)N2CCN(C(=O)c3ccc(Cl)cc3)CC2)cn1. The van der Waals surface area contributed by atoms with Gasteiger partial charge in [0.15, 0.2) is 0 Å². The van der Waals surface area contributed by atoms with E-state index in [-0.39, 0.29) is 11.9 Å². The van der Waals surface area contributed by atoms with E-state index in [4.69, 9.17) is 11.6 Å². The summed E-state index contributed by atoms with van der Waals surface area (Å²) in [5, 5.41) is 7.56. The van der Waals surface area contributed by atoms with Crippen LogP contribution in [-0.2, 0) is 6.54 Å². The van der Waals surface area contributed by atoms with Crippen molar-refractivity contribution in [2.75, 3.05) is 31.5 Å². The fourth-order valence-electron chi connectivity index (χ4n) is 2.69. The van der Waals surface area contributed by atoms with E-state index in [2.05, 4.69) is 10.4 Å². The van der Waals surface area contributed by atoms with Crippen LogP contribution in [0.3, 0.4) is 0 Å². The average molecular weight is 362 g/mol. The Labute approximate surface area is 151 Å². The van der Waals surface area contributed by atoms with E-state index >= 15 is 0 Å². The summed E-state index contributed by atoms with van der Waals surface area (Å²) in [4.78, 5) is 28.2. The Balaban J connectivity index is 1.53. The van der Waals surface area contributed by atoms with Crippen molar-refractivity contribution in [3.05, 3.63) is 47.2 Å². The molecule has 0 radical (unpaired) electrons. The van der Waals surface area contributed by atoms with Crippen LogP contribution in [0.4, 0.5) is 10.5 Å². The second-order valence-electron chi connectivity index (χ2n) is 5.80. The van der Waals surface area contributed by atoms with E-state index < -0.39 is 0 Å². The van der Waals surface area contributed by atoms with Gasteiger partial charge in [-0.1, -0.05) is 11.6 Å². The van der Waals surface area contributed by atoms with Crippen LogP contribution in [0.2, 0.25) is 5.02 Å². The molecule has 132 valence electrons. The second kappa shape index (κ2) is 7.57. The molecule has 0 unspecified atom stereocenters. The number of aryl methyl sites for hydroxylation is 1. The lowest BCUT2D eigenvalue weighted by Crippen LogP contribution is -2.51. The van der Waals surface area contributed by atoms with Crippen LogP contribution in [0.15, 0.2) is 36.7 Å². The molecule has 1 saturated heterocycles. The molecule has 0 aliphatic carbocycles. The number of nitrogens with one attached hydrogen (secondary N) is 1. The van der Waals surface area contributed by atoms with E-state index in [0.29, 0.717) is 42.5 Å². The van der Waals surface area contributed by atoms with Crippen LogP contribution in [-0.4, -0.2) is 57.7 Å². The summed E-state index contributed by atoms with van der Waals surface area (Å²) in [6.45, 7) is 4.73. The van der Waals surface area contributed by atoms with Gasteiger partial charge in [-0.25, -0.2) is 4.79 Å². The summed E-state index contributed by atoms with van der Waals surface area (Å²) < 4.78 is 1.75. The van der Waals surface area contributed by atoms with Gasteiger partial charge in [-0.2, -0.15) is 5.10 Å². The molecule has 0 saturated carbocycles. The van der Waals surface area contributed by atoms with Crippen molar-refractivity contribution in [1.29, 1.82) is 0 Å². The van der Waals surface area contributed by atoms with E-state index in [9.17, 15) is 9.59 Å². The highest BCUT2D eigenvalue weighted by molar-refractivity contribution is 6.30. The summed E-state index contributed by atoms with van der Waals surface area (Å²) in [5.74, 6) is -0.0408. The molecule has 3 rings (SSSR count). The molecule has 1 N–H and O–H groups in total. The molecule has 1 aliphatic heterocycles. The quantitative estimate of drug-likeness (QED) is 0.913. The summed E-state index contributed by atoms with van der Waals surface area (Å²) in [5.41, 5.74) is 1.28. The van der Waals surface area contributed by atoms with Crippen LogP contribution in [0.25, 0.3) is 0 Å². The first-order chi connectivity index (χ1) is 12.1. The summed E-state index contributed by atoms with van der Waals surface area (Å²) in [6.07, 6.45) is 3.42. The lowest BCUT2D eigenvalue weighted by atomic mass is 10.2. The number of rotatable bonds is 3. The van der Waals surface area contributed by atoms with Gasteiger partial charge in [-0.15, -0.1) is 0 Å². The Kier molecular flexibility index (Phi) is 5.23. The molecule has 1 aromatic carbocycles. The molecular formula is C17H20ClN5O2. The van der Waals surface area contributed by atoms with Gasteiger partial charge in [0.2, 0.25) is 0 Å². The van der Waals surface area contributed by atoms with Gasteiger partial charge < -0.3 is 15.1 Å².